The van der Waals surface area contributed by atoms with E-state index in [9.17, 15) is 8.42 Å². The summed E-state index contributed by atoms with van der Waals surface area (Å²) in [5, 5.41) is 6.50. The van der Waals surface area contributed by atoms with Gasteiger partial charge in [0.1, 0.15) is 5.82 Å². The van der Waals surface area contributed by atoms with Gasteiger partial charge < -0.3 is 5.73 Å². The molecule has 0 aliphatic carbocycles. The molecule has 7 heteroatoms. The summed E-state index contributed by atoms with van der Waals surface area (Å²) in [6, 6.07) is 3.07. The smallest absolute Gasteiger partial charge is 0.263 e. The van der Waals surface area contributed by atoms with Crippen LogP contribution in [-0.2, 0) is 16.4 Å². The lowest BCUT2D eigenvalue weighted by Gasteiger charge is -2.11. The second-order valence-electron chi connectivity index (χ2n) is 4.68. The van der Waals surface area contributed by atoms with Crippen LogP contribution in [0.1, 0.15) is 23.6 Å². The zero-order chi connectivity index (χ0) is 14.9. The summed E-state index contributed by atoms with van der Waals surface area (Å²) in [5.74, 6) is 0.393. The van der Waals surface area contributed by atoms with E-state index in [1.54, 1.807) is 12.3 Å². The van der Waals surface area contributed by atoms with Crippen LogP contribution >= 0.6 is 0 Å². The molecule has 0 radical (unpaired) electrons. The summed E-state index contributed by atoms with van der Waals surface area (Å²) in [6.45, 7) is 5.62. The molecule has 20 heavy (non-hydrogen) atoms. The third kappa shape index (κ3) is 2.62. The highest BCUT2D eigenvalue weighted by Gasteiger charge is 2.18. The molecule has 0 spiro atoms. The Labute approximate surface area is 118 Å². The maximum Gasteiger partial charge on any atom is 0.263 e. The van der Waals surface area contributed by atoms with E-state index < -0.39 is 10.0 Å². The van der Waals surface area contributed by atoms with E-state index >= 15 is 0 Å². The van der Waals surface area contributed by atoms with Gasteiger partial charge in [-0.25, -0.2) is 8.42 Å². The number of H-pyrrole nitrogens is 1. The van der Waals surface area contributed by atoms with Crippen molar-refractivity contribution in [3.63, 3.8) is 0 Å². The van der Waals surface area contributed by atoms with E-state index in [0.717, 1.165) is 16.7 Å². The minimum absolute atomic E-state index is 0.148. The van der Waals surface area contributed by atoms with Crippen molar-refractivity contribution in [1.29, 1.82) is 0 Å². The minimum atomic E-state index is -3.68. The third-order valence-electron chi connectivity index (χ3n) is 3.33. The first-order chi connectivity index (χ1) is 9.35. The SMILES string of the molecule is CCc1cn[nH]c1NS(=O)(=O)c1cc(C)c(C)c(N)c1. The molecule has 2 aromatic rings. The molecule has 0 unspecified atom stereocenters. The number of nitrogen functional groups attached to an aromatic ring is 1. The van der Waals surface area contributed by atoms with Crippen molar-refractivity contribution in [3.8, 4) is 0 Å². The minimum Gasteiger partial charge on any atom is -0.398 e. The number of sulfonamides is 1. The highest BCUT2D eigenvalue weighted by molar-refractivity contribution is 7.92. The van der Waals surface area contributed by atoms with Crippen LogP contribution in [0.25, 0.3) is 0 Å². The van der Waals surface area contributed by atoms with E-state index in [2.05, 4.69) is 14.9 Å². The van der Waals surface area contributed by atoms with Gasteiger partial charge in [0.05, 0.1) is 11.1 Å². The molecule has 0 saturated heterocycles. The monoisotopic (exact) mass is 294 g/mol. The lowest BCUT2D eigenvalue weighted by atomic mass is 10.1. The topological polar surface area (TPSA) is 101 Å². The zero-order valence-electron chi connectivity index (χ0n) is 11.7. The van der Waals surface area contributed by atoms with Gasteiger partial charge in [-0.05, 0) is 43.5 Å². The number of anilines is 2. The highest BCUT2D eigenvalue weighted by atomic mass is 32.2. The molecule has 1 aromatic carbocycles. The normalized spacial score (nSPS) is 11.6. The molecule has 0 atom stereocenters. The summed E-state index contributed by atoms with van der Waals surface area (Å²) >= 11 is 0. The van der Waals surface area contributed by atoms with E-state index in [1.165, 1.54) is 6.07 Å². The number of aryl methyl sites for hydroxylation is 2. The first kappa shape index (κ1) is 14.4. The molecule has 0 aliphatic rings. The maximum atomic E-state index is 12.4. The molecule has 0 saturated carbocycles. The first-order valence-electron chi connectivity index (χ1n) is 6.27. The Hall–Kier alpha value is -2.02. The number of nitrogens with zero attached hydrogens (tertiary/aromatic N) is 1. The standard InChI is InChI=1S/C13H18N4O2S/c1-4-10-7-15-16-13(10)17-20(18,19)11-5-8(2)9(3)12(14)6-11/h5-7H,4,14H2,1-3H3,(H2,15,16,17). The number of nitrogens with one attached hydrogen (secondary N) is 2. The van der Waals surface area contributed by atoms with Gasteiger partial charge in [-0.3, -0.25) is 9.82 Å². The van der Waals surface area contributed by atoms with Crippen molar-refractivity contribution in [2.75, 3.05) is 10.5 Å². The van der Waals surface area contributed by atoms with Gasteiger partial charge in [-0.1, -0.05) is 6.92 Å². The Kier molecular flexibility index (Phi) is 3.71. The van der Waals surface area contributed by atoms with Crippen molar-refractivity contribution in [2.24, 2.45) is 0 Å². The summed E-state index contributed by atoms with van der Waals surface area (Å²) < 4.78 is 27.2. The Morgan fingerprint density at radius 1 is 1.35 bits per heavy atom. The highest BCUT2D eigenvalue weighted by Crippen LogP contribution is 2.24. The van der Waals surface area contributed by atoms with Gasteiger partial charge in [0.2, 0.25) is 0 Å². The van der Waals surface area contributed by atoms with Crippen molar-refractivity contribution in [2.45, 2.75) is 32.1 Å². The molecule has 0 aliphatic heterocycles. The van der Waals surface area contributed by atoms with Gasteiger partial charge in [0, 0.05) is 11.3 Å². The van der Waals surface area contributed by atoms with Crippen LogP contribution in [0.5, 0.6) is 0 Å². The van der Waals surface area contributed by atoms with Crippen molar-refractivity contribution >= 4 is 21.5 Å². The van der Waals surface area contributed by atoms with Crippen molar-refractivity contribution in [1.82, 2.24) is 10.2 Å². The number of aromatic amines is 1. The predicted octanol–water partition coefficient (Wildman–Crippen LogP) is 1.97. The Bertz CT molecular complexity index is 712. The number of hydrogen-bond donors (Lipinski definition) is 3. The van der Waals surface area contributed by atoms with Crippen LogP contribution in [0.2, 0.25) is 0 Å². The number of benzene rings is 1. The predicted molar refractivity (Wildman–Crippen MR) is 79.1 cm³/mol. The summed E-state index contributed by atoms with van der Waals surface area (Å²) in [5.41, 5.74) is 8.84. The maximum absolute atomic E-state index is 12.4. The van der Waals surface area contributed by atoms with Crippen LogP contribution in [0.3, 0.4) is 0 Å². The Morgan fingerprint density at radius 2 is 2.05 bits per heavy atom. The molecule has 0 amide bonds. The molecular formula is C13H18N4O2S. The molecule has 0 fully saturated rings. The van der Waals surface area contributed by atoms with Gasteiger partial charge in [-0.15, -0.1) is 0 Å². The zero-order valence-corrected chi connectivity index (χ0v) is 12.5. The number of aromatic nitrogens is 2. The fourth-order valence-corrected chi connectivity index (χ4v) is 3.05. The number of rotatable bonds is 4. The Morgan fingerprint density at radius 3 is 2.65 bits per heavy atom. The fraction of sp³-hybridized carbons (Fsp3) is 0.308. The van der Waals surface area contributed by atoms with Gasteiger partial charge >= 0.3 is 0 Å². The summed E-state index contributed by atoms with van der Waals surface area (Å²) in [6.07, 6.45) is 2.29. The largest absolute Gasteiger partial charge is 0.398 e. The molecule has 2 rings (SSSR count). The molecule has 6 nitrogen and oxygen atoms in total. The Balaban J connectivity index is 2.41. The van der Waals surface area contributed by atoms with Crippen molar-refractivity contribution < 1.29 is 8.42 Å². The molecule has 0 bridgehead atoms. The van der Waals surface area contributed by atoms with Gasteiger partial charge in [0.25, 0.3) is 10.0 Å². The summed E-state index contributed by atoms with van der Waals surface area (Å²) in [7, 11) is -3.68. The van der Waals surface area contributed by atoms with E-state index in [4.69, 9.17) is 5.73 Å². The van der Waals surface area contributed by atoms with Crippen LogP contribution in [0.4, 0.5) is 11.5 Å². The number of nitrogens with two attached hydrogens (primary N) is 1. The average Bonchev–Trinajstić information content (AvgIpc) is 2.81. The lowest BCUT2D eigenvalue weighted by Crippen LogP contribution is -2.15. The molecule has 1 aromatic heterocycles. The van der Waals surface area contributed by atoms with E-state index in [-0.39, 0.29) is 4.90 Å². The van der Waals surface area contributed by atoms with Crippen LogP contribution in [-0.4, -0.2) is 18.6 Å². The molecule has 1 heterocycles. The second kappa shape index (κ2) is 5.16. The molecule has 4 N–H and O–H groups in total. The average molecular weight is 294 g/mol. The lowest BCUT2D eigenvalue weighted by molar-refractivity contribution is 0.601. The molecular weight excluding hydrogens is 276 g/mol. The quantitative estimate of drug-likeness (QED) is 0.750. The van der Waals surface area contributed by atoms with Gasteiger partial charge in [-0.2, -0.15) is 5.10 Å². The van der Waals surface area contributed by atoms with Crippen molar-refractivity contribution in [3.05, 3.63) is 35.0 Å². The fourth-order valence-electron chi connectivity index (χ4n) is 1.87. The third-order valence-corrected chi connectivity index (χ3v) is 4.66. The van der Waals surface area contributed by atoms with Gasteiger partial charge in [0.15, 0.2) is 0 Å². The van der Waals surface area contributed by atoms with Crippen LogP contribution in [0.15, 0.2) is 23.2 Å². The number of hydrogen-bond acceptors (Lipinski definition) is 4. The van der Waals surface area contributed by atoms with E-state index in [1.807, 2.05) is 20.8 Å². The molecule has 108 valence electrons. The first-order valence-corrected chi connectivity index (χ1v) is 7.75. The van der Waals surface area contributed by atoms with Crippen LogP contribution < -0.4 is 10.5 Å². The van der Waals surface area contributed by atoms with Crippen LogP contribution in [0, 0.1) is 13.8 Å². The summed E-state index contributed by atoms with van der Waals surface area (Å²) in [4.78, 5) is 0.148. The van der Waals surface area contributed by atoms with E-state index in [0.29, 0.717) is 17.9 Å². The second-order valence-corrected chi connectivity index (χ2v) is 6.37.